The van der Waals surface area contributed by atoms with Crippen molar-refractivity contribution in [1.29, 1.82) is 0 Å². The summed E-state index contributed by atoms with van der Waals surface area (Å²) in [7, 11) is 1.42. The van der Waals surface area contributed by atoms with E-state index in [9.17, 15) is 19.5 Å². The summed E-state index contributed by atoms with van der Waals surface area (Å²) in [5, 5.41) is 33.7. The van der Waals surface area contributed by atoms with E-state index in [2.05, 4.69) is 0 Å². The fourth-order valence-electron chi connectivity index (χ4n) is 1.28. The van der Waals surface area contributed by atoms with Crippen molar-refractivity contribution in [1.82, 2.24) is 0 Å². The van der Waals surface area contributed by atoms with Gasteiger partial charge in [0.1, 0.15) is 6.04 Å². The van der Waals surface area contributed by atoms with Crippen LogP contribution in [0.2, 0.25) is 0 Å². The van der Waals surface area contributed by atoms with Crippen molar-refractivity contribution in [2.45, 2.75) is 18.9 Å². The van der Waals surface area contributed by atoms with Gasteiger partial charge in [0.15, 0.2) is 11.5 Å². The van der Waals surface area contributed by atoms with Crippen molar-refractivity contribution in [3.8, 4) is 11.5 Å². The average Bonchev–Trinajstić information content (AvgIpc) is 2.40. The first-order chi connectivity index (χ1) is 10.2. The van der Waals surface area contributed by atoms with Crippen molar-refractivity contribution in [2.75, 3.05) is 7.11 Å². The first-order valence-corrected chi connectivity index (χ1v) is 5.95. The molecule has 0 saturated carbocycles. The fraction of sp³-hybridized carbons (Fsp3) is 0.308. The number of aromatic hydroxyl groups is 1. The lowest BCUT2D eigenvalue weighted by Crippen LogP contribution is -2.32. The van der Waals surface area contributed by atoms with Gasteiger partial charge in [-0.25, -0.2) is 0 Å². The quantitative estimate of drug-likeness (QED) is 0.481. The highest BCUT2D eigenvalue weighted by Gasteiger charge is 2.14. The van der Waals surface area contributed by atoms with Crippen LogP contribution in [-0.2, 0) is 20.8 Å². The molecule has 0 fully saturated rings. The maximum Gasteiger partial charge on any atom is 0.321 e. The number of carboxylic acid groups (broad SMARTS) is 3. The summed E-state index contributed by atoms with van der Waals surface area (Å²) < 4.78 is 4.82. The van der Waals surface area contributed by atoms with Crippen LogP contribution >= 0.6 is 0 Å². The lowest BCUT2D eigenvalue weighted by Gasteiger charge is -2.04. The van der Waals surface area contributed by atoms with Gasteiger partial charge in [-0.3, -0.25) is 14.4 Å². The van der Waals surface area contributed by atoms with Gasteiger partial charge in [-0.05, 0) is 17.7 Å². The molecule has 0 saturated heterocycles. The van der Waals surface area contributed by atoms with Gasteiger partial charge in [0.05, 0.1) is 20.0 Å². The largest absolute Gasteiger partial charge is 0.504 e. The first-order valence-electron chi connectivity index (χ1n) is 5.95. The third-order valence-corrected chi connectivity index (χ3v) is 2.31. The van der Waals surface area contributed by atoms with Crippen molar-refractivity contribution >= 4 is 17.9 Å². The number of benzene rings is 1. The highest BCUT2D eigenvalue weighted by atomic mass is 16.5. The Morgan fingerprint density at radius 1 is 1.18 bits per heavy atom. The minimum atomic E-state index is -1.29. The van der Waals surface area contributed by atoms with Crippen LogP contribution in [0.15, 0.2) is 18.2 Å². The molecule has 9 heteroatoms. The highest BCUT2D eigenvalue weighted by Crippen LogP contribution is 2.26. The second-order valence-electron chi connectivity index (χ2n) is 4.12. The van der Waals surface area contributed by atoms with E-state index in [0.717, 1.165) is 0 Å². The maximum absolute atomic E-state index is 10.3. The second-order valence-corrected chi connectivity index (χ2v) is 4.12. The van der Waals surface area contributed by atoms with Gasteiger partial charge in [0.25, 0.3) is 0 Å². The number of rotatable bonds is 6. The summed E-state index contributed by atoms with van der Waals surface area (Å²) in [6.45, 7) is 0. The first kappa shape index (κ1) is 19.2. The summed E-state index contributed by atoms with van der Waals surface area (Å²) in [4.78, 5) is 30.0. The van der Waals surface area contributed by atoms with Crippen LogP contribution in [0.5, 0.6) is 11.5 Å². The van der Waals surface area contributed by atoms with E-state index in [4.69, 9.17) is 25.8 Å². The number of methoxy groups -OCH3 is 1. The van der Waals surface area contributed by atoms with Crippen LogP contribution < -0.4 is 10.5 Å². The van der Waals surface area contributed by atoms with Crippen molar-refractivity contribution in [2.24, 2.45) is 5.73 Å². The third kappa shape index (κ3) is 7.70. The number of ether oxygens (including phenoxy) is 1. The molecule has 9 nitrogen and oxygen atoms in total. The Kier molecular flexibility index (Phi) is 8.01. The molecule has 0 heterocycles. The molecule has 0 aliphatic heterocycles. The van der Waals surface area contributed by atoms with Crippen LogP contribution in [0.25, 0.3) is 0 Å². The molecule has 0 radical (unpaired) electrons. The molecular weight excluding hydrogens is 298 g/mol. The number of phenolic OH excluding ortho intramolecular Hbond substituents is 1. The van der Waals surface area contributed by atoms with Gasteiger partial charge >= 0.3 is 17.9 Å². The molecule has 0 aliphatic rings. The summed E-state index contributed by atoms with van der Waals surface area (Å²) in [5.41, 5.74) is 5.44. The predicted molar refractivity (Wildman–Crippen MR) is 73.9 cm³/mol. The minimum Gasteiger partial charge on any atom is -0.504 e. The number of carboxylic acids is 3. The lowest BCUT2D eigenvalue weighted by molar-refractivity contribution is -0.144. The Labute approximate surface area is 125 Å². The zero-order valence-electron chi connectivity index (χ0n) is 11.7. The van der Waals surface area contributed by atoms with Crippen molar-refractivity contribution in [3.63, 3.8) is 0 Å². The molecule has 1 aromatic rings. The smallest absolute Gasteiger partial charge is 0.321 e. The second kappa shape index (κ2) is 9.19. The summed E-state index contributed by atoms with van der Waals surface area (Å²) in [6.07, 6.45) is -0.605. The zero-order chi connectivity index (χ0) is 17.3. The summed E-state index contributed by atoms with van der Waals surface area (Å²) in [5.74, 6) is -3.11. The minimum absolute atomic E-state index is 0.0108. The molecule has 122 valence electrons. The predicted octanol–water partition coefficient (Wildman–Crippen LogP) is -0.0991. The lowest BCUT2D eigenvalue weighted by atomic mass is 10.1. The maximum atomic E-state index is 10.3. The van der Waals surface area contributed by atoms with E-state index in [0.29, 0.717) is 11.3 Å². The molecule has 0 bridgehead atoms. The Bertz CT molecular complexity index is 543. The molecule has 1 aromatic carbocycles. The normalized spacial score (nSPS) is 10.8. The Morgan fingerprint density at radius 3 is 2.14 bits per heavy atom. The van der Waals surface area contributed by atoms with E-state index in [1.807, 2.05) is 0 Å². The standard InChI is InChI=1S/C9H10O4.C4H7NO4/c1-13-8-4-6(5-9(11)12)2-3-7(8)10;5-2(4(8)9)1-3(6)7/h2-4,10H,5H2,1H3,(H,11,12);2H,1,5H2,(H,6,7)(H,8,9)/t;2-/m.0/s1. The Balaban J connectivity index is 0.000000433. The molecule has 0 spiro atoms. The fourth-order valence-corrected chi connectivity index (χ4v) is 1.28. The SMILES string of the molecule is COc1cc(CC(=O)O)ccc1O.N[C@@H](CC(=O)O)C(=O)O. The van der Waals surface area contributed by atoms with E-state index < -0.39 is 30.4 Å². The molecule has 6 N–H and O–H groups in total. The average molecular weight is 315 g/mol. The summed E-state index contributed by atoms with van der Waals surface area (Å²) >= 11 is 0. The van der Waals surface area contributed by atoms with Gasteiger partial charge in [0, 0.05) is 0 Å². The highest BCUT2D eigenvalue weighted by molar-refractivity contribution is 5.80. The van der Waals surface area contributed by atoms with Crippen LogP contribution in [0.1, 0.15) is 12.0 Å². The number of nitrogens with two attached hydrogens (primary N) is 1. The van der Waals surface area contributed by atoms with Gasteiger partial charge in [-0.2, -0.15) is 0 Å². The van der Waals surface area contributed by atoms with E-state index in [-0.39, 0.29) is 12.2 Å². The molecule has 1 atom stereocenters. The molecule has 0 unspecified atom stereocenters. The topological polar surface area (TPSA) is 167 Å². The van der Waals surface area contributed by atoms with Crippen molar-refractivity contribution < 1.29 is 39.5 Å². The molecule has 1 rings (SSSR count). The number of carbonyl (C=O) groups is 3. The summed E-state index contributed by atoms with van der Waals surface area (Å²) in [6, 6.07) is 3.18. The molecule has 0 aliphatic carbocycles. The zero-order valence-corrected chi connectivity index (χ0v) is 11.7. The van der Waals surface area contributed by atoms with E-state index in [1.54, 1.807) is 6.07 Å². The molecule has 0 aromatic heterocycles. The monoisotopic (exact) mass is 315 g/mol. The molecular formula is C13H17NO8. The van der Waals surface area contributed by atoms with Gasteiger partial charge in [0.2, 0.25) is 0 Å². The third-order valence-electron chi connectivity index (χ3n) is 2.31. The van der Waals surface area contributed by atoms with Crippen molar-refractivity contribution in [3.05, 3.63) is 23.8 Å². The van der Waals surface area contributed by atoms with Crippen LogP contribution in [0.3, 0.4) is 0 Å². The molecule has 0 amide bonds. The van der Waals surface area contributed by atoms with Gasteiger partial charge < -0.3 is 30.9 Å². The molecule has 22 heavy (non-hydrogen) atoms. The number of phenols is 1. The number of hydrogen-bond donors (Lipinski definition) is 5. The van der Waals surface area contributed by atoms with Gasteiger partial charge in [-0.15, -0.1) is 0 Å². The Hall–Kier alpha value is -2.81. The number of aliphatic carboxylic acids is 3. The van der Waals surface area contributed by atoms with Gasteiger partial charge in [-0.1, -0.05) is 6.07 Å². The van der Waals surface area contributed by atoms with Crippen LogP contribution in [0.4, 0.5) is 0 Å². The number of hydrogen-bond acceptors (Lipinski definition) is 6. The van der Waals surface area contributed by atoms with E-state index >= 15 is 0 Å². The Morgan fingerprint density at radius 2 is 1.77 bits per heavy atom. The van der Waals surface area contributed by atoms with Crippen LogP contribution in [-0.4, -0.2) is 51.5 Å². The van der Waals surface area contributed by atoms with E-state index in [1.165, 1.54) is 19.2 Å². The van der Waals surface area contributed by atoms with Crippen LogP contribution in [0, 0.1) is 0 Å².